The zero-order valence-corrected chi connectivity index (χ0v) is 14.8. The Hall–Kier alpha value is -2.48. The number of hydrogen-bond donors (Lipinski definition) is 0. The molecule has 0 N–H and O–H groups in total. The summed E-state index contributed by atoms with van der Waals surface area (Å²) in [7, 11) is 0. The highest BCUT2D eigenvalue weighted by Gasteiger charge is 2.31. The Balaban J connectivity index is 1.91. The van der Waals surface area contributed by atoms with E-state index in [0.717, 1.165) is 16.0 Å². The van der Waals surface area contributed by atoms with Crippen LogP contribution in [0.15, 0.2) is 47.5 Å². The zero-order valence-electron chi connectivity index (χ0n) is 13.2. The minimum absolute atomic E-state index is 0.00290. The van der Waals surface area contributed by atoms with Crippen LogP contribution in [0.1, 0.15) is 32.6 Å². The molecule has 0 radical (unpaired) electrons. The average Bonchev–Trinajstić information content (AvgIpc) is 3.18. The third-order valence-electron chi connectivity index (χ3n) is 4.13. The molecule has 0 aliphatic heterocycles. The van der Waals surface area contributed by atoms with Crippen LogP contribution in [-0.4, -0.2) is 5.78 Å². The van der Waals surface area contributed by atoms with Crippen molar-refractivity contribution in [1.82, 2.24) is 0 Å². The summed E-state index contributed by atoms with van der Waals surface area (Å²) in [6.07, 6.45) is 1.94. The number of nitrogens with zero attached hydrogens (tertiary/aromatic N) is 1. The van der Waals surface area contributed by atoms with E-state index in [2.05, 4.69) is 25.1 Å². The minimum atomic E-state index is 0.00290. The number of Topliss-reactive ketones (excluding diaryl/α,β-unsaturated/α-hetero) is 1. The molecule has 2 aromatic heterocycles. The number of carbonyl (C=O) groups excluding carboxylic acids is 1. The van der Waals surface area contributed by atoms with Crippen molar-refractivity contribution in [2.24, 2.45) is 0 Å². The van der Waals surface area contributed by atoms with Crippen LogP contribution in [0.4, 0.5) is 0 Å². The van der Waals surface area contributed by atoms with Gasteiger partial charge in [-0.05, 0) is 37.6 Å². The molecule has 0 saturated heterocycles. The van der Waals surface area contributed by atoms with Gasteiger partial charge in [-0.1, -0.05) is 24.3 Å². The number of fused-ring (bicyclic) bond motifs is 2. The number of ketones is 1. The number of benzene rings is 1. The fourth-order valence-electron chi connectivity index (χ4n) is 3.09. The normalized spacial score (nSPS) is 17.4. The number of thiophene rings is 2. The molecular weight excluding hydrogens is 334 g/mol. The third kappa shape index (κ3) is 2.25. The summed E-state index contributed by atoms with van der Waals surface area (Å²) in [5, 5.41) is 9.36. The summed E-state index contributed by atoms with van der Waals surface area (Å²) in [5.41, 5.74) is 3.52. The number of carbonyl (C=O) groups is 1. The van der Waals surface area contributed by atoms with Crippen molar-refractivity contribution >= 4 is 49.5 Å². The highest BCUT2D eigenvalue weighted by atomic mass is 32.1. The first-order valence-corrected chi connectivity index (χ1v) is 9.19. The first-order valence-electron chi connectivity index (χ1n) is 7.55. The largest absolute Gasteiger partial charge is 0.289 e. The van der Waals surface area contributed by atoms with Crippen LogP contribution in [0.2, 0.25) is 0 Å². The summed E-state index contributed by atoms with van der Waals surface area (Å²) >= 11 is 3.45. The lowest BCUT2D eigenvalue weighted by Crippen LogP contribution is -1.95. The molecule has 0 amide bonds. The monoisotopic (exact) mass is 347 g/mol. The molecule has 1 aromatic carbocycles. The molecule has 0 spiro atoms. The second-order valence-electron chi connectivity index (χ2n) is 5.78. The Morgan fingerprint density at radius 1 is 1.12 bits per heavy atom. The second kappa shape index (κ2) is 5.55. The van der Waals surface area contributed by atoms with Crippen LogP contribution in [0.3, 0.4) is 0 Å². The van der Waals surface area contributed by atoms with Crippen LogP contribution < -0.4 is 0 Å². The van der Waals surface area contributed by atoms with E-state index in [0.29, 0.717) is 16.7 Å². The summed E-state index contributed by atoms with van der Waals surface area (Å²) in [4.78, 5) is 15.2. The predicted molar refractivity (Wildman–Crippen MR) is 101 cm³/mol. The van der Waals surface area contributed by atoms with E-state index in [1.807, 2.05) is 30.3 Å². The van der Waals surface area contributed by atoms with Gasteiger partial charge in [0.25, 0.3) is 0 Å². The molecule has 0 atom stereocenters. The van der Waals surface area contributed by atoms with E-state index in [-0.39, 0.29) is 5.78 Å². The smallest absolute Gasteiger partial charge is 0.194 e. The molecule has 1 aliphatic carbocycles. The SMILES string of the molecule is C/C(C#N)=C1/C(=C/c2cc3sc(C)cc3s2)C(=O)c2ccccc21. The summed E-state index contributed by atoms with van der Waals surface area (Å²) in [5.74, 6) is 0.00290. The van der Waals surface area contributed by atoms with Gasteiger partial charge in [-0.15, -0.1) is 22.7 Å². The van der Waals surface area contributed by atoms with Crippen LogP contribution in [0, 0.1) is 18.3 Å². The molecular formula is C20H13NOS2. The number of aryl methyl sites for hydroxylation is 1. The molecule has 0 fully saturated rings. The number of nitriles is 1. The lowest BCUT2D eigenvalue weighted by atomic mass is 10.00. The Labute approximate surface area is 148 Å². The van der Waals surface area contributed by atoms with Crippen LogP contribution in [0.5, 0.6) is 0 Å². The standard InChI is InChI=1S/C20H13NOS2/c1-11(10-21)19-14-5-3-4-6-15(14)20(22)16(19)8-13-9-18-17(24-13)7-12(2)23-18/h3-9H,1-2H3/b16-8-,19-11-. The topological polar surface area (TPSA) is 40.9 Å². The lowest BCUT2D eigenvalue weighted by molar-refractivity contribution is 0.104. The molecule has 4 rings (SSSR count). The predicted octanol–water partition coefficient (Wildman–Crippen LogP) is 5.85. The average molecular weight is 347 g/mol. The second-order valence-corrected chi connectivity index (χ2v) is 8.18. The van der Waals surface area contributed by atoms with Gasteiger partial charge in [-0.25, -0.2) is 0 Å². The van der Waals surface area contributed by atoms with E-state index >= 15 is 0 Å². The Morgan fingerprint density at radius 3 is 2.54 bits per heavy atom. The van der Waals surface area contributed by atoms with E-state index in [1.54, 1.807) is 29.6 Å². The van der Waals surface area contributed by atoms with Gasteiger partial charge in [0.2, 0.25) is 0 Å². The maximum absolute atomic E-state index is 12.8. The quantitative estimate of drug-likeness (QED) is 0.409. The Kier molecular flexibility index (Phi) is 3.49. The van der Waals surface area contributed by atoms with Gasteiger partial charge >= 0.3 is 0 Å². The fraction of sp³-hybridized carbons (Fsp3) is 0.100. The van der Waals surface area contributed by atoms with Crippen LogP contribution >= 0.6 is 22.7 Å². The van der Waals surface area contributed by atoms with Gasteiger partial charge in [-0.3, -0.25) is 4.79 Å². The summed E-state index contributed by atoms with van der Waals surface area (Å²) < 4.78 is 2.49. The molecule has 4 heteroatoms. The van der Waals surface area contributed by atoms with E-state index < -0.39 is 0 Å². The van der Waals surface area contributed by atoms with Crippen molar-refractivity contribution in [2.75, 3.05) is 0 Å². The maximum atomic E-state index is 12.8. The number of rotatable bonds is 1. The highest BCUT2D eigenvalue weighted by Crippen LogP contribution is 2.41. The van der Waals surface area contributed by atoms with Crippen molar-refractivity contribution < 1.29 is 4.79 Å². The van der Waals surface area contributed by atoms with Gasteiger partial charge in [0.15, 0.2) is 5.78 Å². The van der Waals surface area contributed by atoms with E-state index in [1.165, 1.54) is 14.3 Å². The van der Waals surface area contributed by atoms with Gasteiger partial charge in [0, 0.05) is 41.4 Å². The number of allylic oxidation sites excluding steroid dienone is 3. The molecule has 3 aromatic rings. The van der Waals surface area contributed by atoms with Crippen molar-refractivity contribution in [3.05, 3.63) is 68.4 Å². The number of hydrogen-bond acceptors (Lipinski definition) is 4. The first-order chi connectivity index (χ1) is 11.6. The Bertz CT molecular complexity index is 1070. The van der Waals surface area contributed by atoms with Crippen molar-refractivity contribution in [1.29, 1.82) is 5.26 Å². The van der Waals surface area contributed by atoms with Crippen molar-refractivity contribution in [2.45, 2.75) is 13.8 Å². The summed E-state index contributed by atoms with van der Waals surface area (Å²) in [6, 6.07) is 14.0. The molecule has 116 valence electrons. The van der Waals surface area contributed by atoms with Gasteiger partial charge < -0.3 is 0 Å². The fourth-order valence-corrected chi connectivity index (χ4v) is 5.36. The van der Waals surface area contributed by atoms with Crippen molar-refractivity contribution in [3.63, 3.8) is 0 Å². The molecule has 2 heterocycles. The summed E-state index contributed by atoms with van der Waals surface area (Å²) in [6.45, 7) is 3.87. The van der Waals surface area contributed by atoms with Gasteiger partial charge in [0.1, 0.15) is 0 Å². The lowest BCUT2D eigenvalue weighted by Gasteiger charge is -2.02. The Morgan fingerprint density at radius 2 is 1.83 bits per heavy atom. The maximum Gasteiger partial charge on any atom is 0.194 e. The molecule has 0 saturated carbocycles. The minimum Gasteiger partial charge on any atom is -0.289 e. The molecule has 1 aliphatic rings. The third-order valence-corrected chi connectivity index (χ3v) is 6.29. The molecule has 2 nitrogen and oxygen atoms in total. The van der Waals surface area contributed by atoms with Gasteiger partial charge in [0.05, 0.1) is 6.07 Å². The molecule has 24 heavy (non-hydrogen) atoms. The molecule has 0 bridgehead atoms. The van der Waals surface area contributed by atoms with E-state index in [4.69, 9.17) is 0 Å². The zero-order chi connectivity index (χ0) is 16.8. The first kappa shape index (κ1) is 15.1. The van der Waals surface area contributed by atoms with E-state index in [9.17, 15) is 10.1 Å². The van der Waals surface area contributed by atoms with Gasteiger partial charge in [-0.2, -0.15) is 5.26 Å². The molecule has 0 unspecified atom stereocenters. The van der Waals surface area contributed by atoms with Crippen LogP contribution in [-0.2, 0) is 0 Å². The van der Waals surface area contributed by atoms with Crippen molar-refractivity contribution in [3.8, 4) is 6.07 Å². The highest BCUT2D eigenvalue weighted by molar-refractivity contribution is 7.28. The van der Waals surface area contributed by atoms with Crippen LogP contribution in [0.25, 0.3) is 21.0 Å².